The van der Waals surface area contributed by atoms with Crippen LogP contribution in [0.2, 0.25) is 0 Å². The van der Waals surface area contributed by atoms with E-state index in [4.69, 9.17) is 5.84 Å². The summed E-state index contributed by atoms with van der Waals surface area (Å²) in [5, 5.41) is 0. The SMILES string of the molecule is CC(Cc1ccc(F)cc1F)NN. The fourth-order valence-corrected chi connectivity index (χ4v) is 1.08. The highest BCUT2D eigenvalue weighted by molar-refractivity contribution is 5.19. The molecule has 0 saturated heterocycles. The van der Waals surface area contributed by atoms with Crippen molar-refractivity contribution in [1.29, 1.82) is 0 Å². The highest BCUT2D eigenvalue weighted by Crippen LogP contribution is 2.11. The van der Waals surface area contributed by atoms with Gasteiger partial charge in [-0.1, -0.05) is 6.07 Å². The molecule has 0 saturated carbocycles. The first kappa shape index (κ1) is 10.1. The van der Waals surface area contributed by atoms with Crippen LogP contribution in [0.5, 0.6) is 0 Å². The Kier molecular flexibility index (Phi) is 3.33. The monoisotopic (exact) mass is 186 g/mol. The van der Waals surface area contributed by atoms with Gasteiger partial charge in [0.15, 0.2) is 0 Å². The van der Waals surface area contributed by atoms with E-state index in [0.29, 0.717) is 12.0 Å². The van der Waals surface area contributed by atoms with Crippen LogP contribution in [-0.4, -0.2) is 6.04 Å². The normalized spacial score (nSPS) is 12.9. The van der Waals surface area contributed by atoms with Gasteiger partial charge in [-0.2, -0.15) is 0 Å². The zero-order valence-electron chi connectivity index (χ0n) is 7.35. The zero-order valence-corrected chi connectivity index (χ0v) is 7.35. The van der Waals surface area contributed by atoms with Crippen molar-refractivity contribution in [2.24, 2.45) is 5.84 Å². The summed E-state index contributed by atoms with van der Waals surface area (Å²) in [7, 11) is 0. The minimum atomic E-state index is -0.561. The van der Waals surface area contributed by atoms with Crippen molar-refractivity contribution in [1.82, 2.24) is 5.43 Å². The first-order valence-electron chi connectivity index (χ1n) is 4.03. The van der Waals surface area contributed by atoms with E-state index in [1.807, 2.05) is 6.92 Å². The number of nitrogens with one attached hydrogen (secondary N) is 1. The predicted molar refractivity (Wildman–Crippen MR) is 46.8 cm³/mol. The van der Waals surface area contributed by atoms with Gasteiger partial charge in [-0.05, 0) is 25.0 Å². The summed E-state index contributed by atoms with van der Waals surface area (Å²) >= 11 is 0. The molecule has 1 unspecified atom stereocenters. The van der Waals surface area contributed by atoms with E-state index in [2.05, 4.69) is 5.43 Å². The molecule has 13 heavy (non-hydrogen) atoms. The molecule has 4 heteroatoms. The Morgan fingerprint density at radius 1 is 1.46 bits per heavy atom. The third-order valence-corrected chi connectivity index (χ3v) is 1.83. The Morgan fingerprint density at radius 3 is 2.69 bits per heavy atom. The molecule has 1 aromatic rings. The molecule has 0 aliphatic carbocycles. The van der Waals surface area contributed by atoms with Crippen LogP contribution in [0.15, 0.2) is 18.2 Å². The van der Waals surface area contributed by atoms with Crippen LogP contribution in [0.1, 0.15) is 12.5 Å². The highest BCUT2D eigenvalue weighted by Gasteiger charge is 2.06. The van der Waals surface area contributed by atoms with Gasteiger partial charge in [0.25, 0.3) is 0 Å². The first-order valence-corrected chi connectivity index (χ1v) is 4.03. The summed E-state index contributed by atoms with van der Waals surface area (Å²) in [6.07, 6.45) is 0.447. The Bertz CT molecular complexity index is 289. The van der Waals surface area contributed by atoms with Crippen molar-refractivity contribution in [2.75, 3.05) is 0 Å². The molecule has 0 spiro atoms. The molecule has 0 fully saturated rings. The van der Waals surface area contributed by atoms with Crippen molar-refractivity contribution in [3.63, 3.8) is 0 Å². The van der Waals surface area contributed by atoms with Crippen LogP contribution in [-0.2, 0) is 6.42 Å². The molecule has 0 aliphatic heterocycles. The Hall–Kier alpha value is -1.00. The number of hydrogen-bond acceptors (Lipinski definition) is 2. The number of hydrogen-bond donors (Lipinski definition) is 2. The lowest BCUT2D eigenvalue weighted by Gasteiger charge is -2.09. The number of rotatable bonds is 3. The molecule has 1 atom stereocenters. The summed E-state index contributed by atoms with van der Waals surface area (Å²) in [4.78, 5) is 0. The summed E-state index contributed by atoms with van der Waals surface area (Å²) in [6, 6.07) is 3.51. The fraction of sp³-hybridized carbons (Fsp3) is 0.333. The van der Waals surface area contributed by atoms with Gasteiger partial charge in [-0.15, -0.1) is 0 Å². The Balaban J connectivity index is 2.77. The van der Waals surface area contributed by atoms with Gasteiger partial charge in [0.05, 0.1) is 0 Å². The van der Waals surface area contributed by atoms with E-state index < -0.39 is 11.6 Å². The van der Waals surface area contributed by atoms with Crippen LogP contribution in [0.25, 0.3) is 0 Å². The van der Waals surface area contributed by atoms with Gasteiger partial charge >= 0.3 is 0 Å². The van der Waals surface area contributed by atoms with Gasteiger partial charge < -0.3 is 0 Å². The molecule has 0 radical (unpaired) electrons. The topological polar surface area (TPSA) is 38.0 Å². The third-order valence-electron chi connectivity index (χ3n) is 1.83. The molecule has 0 heterocycles. The van der Waals surface area contributed by atoms with Gasteiger partial charge in [0.1, 0.15) is 11.6 Å². The van der Waals surface area contributed by atoms with E-state index in [0.717, 1.165) is 6.07 Å². The maximum absolute atomic E-state index is 13.0. The predicted octanol–water partition coefficient (Wildman–Crippen LogP) is 1.36. The number of nitrogens with two attached hydrogens (primary N) is 1. The lowest BCUT2D eigenvalue weighted by molar-refractivity contribution is 0.532. The maximum Gasteiger partial charge on any atom is 0.129 e. The first-order chi connectivity index (χ1) is 6.13. The largest absolute Gasteiger partial charge is 0.271 e. The fourth-order valence-electron chi connectivity index (χ4n) is 1.08. The summed E-state index contributed by atoms with van der Waals surface area (Å²) in [6.45, 7) is 1.82. The molecule has 3 N–H and O–H groups in total. The minimum Gasteiger partial charge on any atom is -0.271 e. The van der Waals surface area contributed by atoms with Crippen LogP contribution in [0.4, 0.5) is 8.78 Å². The quantitative estimate of drug-likeness (QED) is 0.552. The summed E-state index contributed by atoms with van der Waals surface area (Å²) < 4.78 is 25.5. The van der Waals surface area contributed by atoms with Crippen molar-refractivity contribution in [3.8, 4) is 0 Å². The van der Waals surface area contributed by atoms with Crippen molar-refractivity contribution >= 4 is 0 Å². The number of benzene rings is 1. The van der Waals surface area contributed by atoms with Crippen LogP contribution < -0.4 is 11.3 Å². The van der Waals surface area contributed by atoms with E-state index >= 15 is 0 Å². The second-order valence-electron chi connectivity index (χ2n) is 3.01. The lowest BCUT2D eigenvalue weighted by Crippen LogP contribution is -2.34. The second-order valence-corrected chi connectivity index (χ2v) is 3.01. The third kappa shape index (κ3) is 2.75. The lowest BCUT2D eigenvalue weighted by atomic mass is 10.1. The van der Waals surface area contributed by atoms with E-state index in [1.165, 1.54) is 12.1 Å². The van der Waals surface area contributed by atoms with Gasteiger partial charge in [-0.25, -0.2) is 8.78 Å². The van der Waals surface area contributed by atoms with E-state index in [1.54, 1.807) is 0 Å². The smallest absolute Gasteiger partial charge is 0.129 e. The molecule has 0 amide bonds. The second kappa shape index (κ2) is 4.30. The van der Waals surface area contributed by atoms with Crippen LogP contribution >= 0.6 is 0 Å². The van der Waals surface area contributed by atoms with E-state index in [-0.39, 0.29) is 6.04 Å². The summed E-state index contributed by atoms with van der Waals surface area (Å²) in [5.74, 6) is 4.07. The number of halogens is 2. The molecular weight excluding hydrogens is 174 g/mol. The number of hydrazine groups is 1. The van der Waals surface area contributed by atoms with Crippen molar-refractivity contribution < 1.29 is 8.78 Å². The highest BCUT2D eigenvalue weighted by atomic mass is 19.1. The minimum absolute atomic E-state index is 0.0278. The molecule has 1 aromatic carbocycles. The molecule has 72 valence electrons. The molecule has 0 aliphatic rings. The van der Waals surface area contributed by atoms with E-state index in [9.17, 15) is 8.78 Å². The van der Waals surface area contributed by atoms with Gasteiger partial charge in [-0.3, -0.25) is 11.3 Å². The molecule has 0 aromatic heterocycles. The average Bonchev–Trinajstić information content (AvgIpc) is 2.09. The van der Waals surface area contributed by atoms with Crippen molar-refractivity contribution in [3.05, 3.63) is 35.4 Å². The van der Waals surface area contributed by atoms with Crippen molar-refractivity contribution in [2.45, 2.75) is 19.4 Å². The molecular formula is C9H12F2N2. The Morgan fingerprint density at radius 2 is 2.15 bits per heavy atom. The van der Waals surface area contributed by atoms with Gasteiger partial charge in [0, 0.05) is 12.1 Å². The summed E-state index contributed by atoms with van der Waals surface area (Å²) in [5.41, 5.74) is 2.96. The standard InChI is InChI=1S/C9H12F2N2/c1-6(13-12)4-7-2-3-8(10)5-9(7)11/h2-3,5-6,13H,4,12H2,1H3. The Labute approximate surface area is 75.7 Å². The molecule has 0 bridgehead atoms. The maximum atomic E-state index is 13.0. The van der Waals surface area contributed by atoms with Gasteiger partial charge in [0.2, 0.25) is 0 Å². The zero-order chi connectivity index (χ0) is 9.84. The van der Waals surface area contributed by atoms with Crippen LogP contribution in [0, 0.1) is 11.6 Å². The van der Waals surface area contributed by atoms with Crippen LogP contribution in [0.3, 0.4) is 0 Å². The molecule has 1 rings (SSSR count). The molecule has 2 nitrogen and oxygen atoms in total. The average molecular weight is 186 g/mol.